The first-order valence-electron chi connectivity index (χ1n) is 13.3. The van der Waals surface area contributed by atoms with Crippen molar-refractivity contribution >= 4 is 28.1 Å². The van der Waals surface area contributed by atoms with E-state index in [9.17, 15) is 15.0 Å². The molecule has 0 aliphatic heterocycles. The fourth-order valence-electron chi connectivity index (χ4n) is 4.79. The van der Waals surface area contributed by atoms with E-state index in [1.807, 2.05) is 30.5 Å². The van der Waals surface area contributed by atoms with Gasteiger partial charge in [0.05, 0.1) is 11.2 Å². The monoisotopic (exact) mass is 544 g/mol. The standard InChI is InChI=1S/C32H28N6O3/c39-20-29-36-37-32-27-18-26(22-4-2-1-3-5-22)31(35-28(27)15-17-38(29)32)23-8-6-21(7-9-23)19-33-16-14-30(41)34-24-10-12-25(40)13-11-24/h1-13,15,17-18,33,39-40H,14,16,19-20H2,(H,34,41). The maximum absolute atomic E-state index is 12.2. The van der Waals surface area contributed by atoms with E-state index in [0.29, 0.717) is 36.7 Å². The minimum atomic E-state index is -0.196. The Labute approximate surface area is 236 Å². The Morgan fingerprint density at radius 2 is 1.66 bits per heavy atom. The van der Waals surface area contributed by atoms with Crippen LogP contribution in [-0.4, -0.2) is 42.2 Å². The van der Waals surface area contributed by atoms with Crippen molar-refractivity contribution in [2.75, 3.05) is 11.9 Å². The zero-order chi connectivity index (χ0) is 28.2. The largest absolute Gasteiger partial charge is 0.508 e. The SMILES string of the molecule is O=C(CCNCc1ccc(-c2nc3ccn4c(CO)nnc4c3cc2-c2ccccc2)cc1)Nc1ccc(O)cc1. The summed E-state index contributed by atoms with van der Waals surface area (Å²) >= 11 is 0. The van der Waals surface area contributed by atoms with E-state index in [0.717, 1.165) is 38.9 Å². The Hall–Kier alpha value is -5.12. The van der Waals surface area contributed by atoms with Gasteiger partial charge in [0.25, 0.3) is 0 Å². The van der Waals surface area contributed by atoms with E-state index in [-0.39, 0.29) is 18.3 Å². The smallest absolute Gasteiger partial charge is 0.225 e. The molecule has 0 spiro atoms. The molecule has 0 aliphatic carbocycles. The highest BCUT2D eigenvalue weighted by atomic mass is 16.3. The summed E-state index contributed by atoms with van der Waals surface area (Å²) in [6.45, 7) is 0.963. The number of carbonyl (C=O) groups excluding carboxylic acids is 1. The van der Waals surface area contributed by atoms with Gasteiger partial charge in [-0.25, -0.2) is 4.98 Å². The van der Waals surface area contributed by atoms with Crippen molar-refractivity contribution in [3.05, 3.63) is 109 Å². The fourth-order valence-corrected chi connectivity index (χ4v) is 4.79. The second kappa shape index (κ2) is 11.5. The van der Waals surface area contributed by atoms with Crippen molar-refractivity contribution in [3.8, 4) is 28.1 Å². The van der Waals surface area contributed by atoms with Crippen LogP contribution in [0.5, 0.6) is 5.75 Å². The van der Waals surface area contributed by atoms with Crippen molar-refractivity contribution in [1.29, 1.82) is 0 Å². The lowest BCUT2D eigenvalue weighted by molar-refractivity contribution is -0.116. The van der Waals surface area contributed by atoms with Crippen molar-refractivity contribution in [2.45, 2.75) is 19.6 Å². The van der Waals surface area contributed by atoms with Crippen molar-refractivity contribution in [2.24, 2.45) is 0 Å². The predicted molar refractivity (Wildman–Crippen MR) is 158 cm³/mol. The molecular weight excluding hydrogens is 516 g/mol. The third-order valence-electron chi connectivity index (χ3n) is 6.90. The summed E-state index contributed by atoms with van der Waals surface area (Å²) in [5.74, 6) is 0.550. The number of fused-ring (bicyclic) bond motifs is 3. The number of aromatic hydroxyl groups is 1. The second-order valence-corrected chi connectivity index (χ2v) is 9.69. The lowest BCUT2D eigenvalue weighted by atomic mass is 9.97. The number of nitrogens with zero attached hydrogens (tertiary/aromatic N) is 4. The summed E-state index contributed by atoms with van der Waals surface area (Å²) in [6, 6.07) is 28.8. The molecule has 4 N–H and O–H groups in total. The number of aromatic nitrogens is 4. The third kappa shape index (κ3) is 5.62. The van der Waals surface area contributed by atoms with Gasteiger partial charge in [-0.05, 0) is 47.5 Å². The number of phenols is 1. The zero-order valence-electron chi connectivity index (χ0n) is 22.2. The predicted octanol–water partition coefficient (Wildman–Crippen LogP) is 4.93. The van der Waals surface area contributed by atoms with Crippen LogP contribution in [0.4, 0.5) is 5.69 Å². The highest BCUT2D eigenvalue weighted by Gasteiger charge is 2.15. The number of hydrogen-bond donors (Lipinski definition) is 4. The van der Waals surface area contributed by atoms with Crippen LogP contribution < -0.4 is 10.6 Å². The van der Waals surface area contributed by atoms with Gasteiger partial charge in [0.1, 0.15) is 12.4 Å². The molecule has 0 atom stereocenters. The van der Waals surface area contributed by atoms with Gasteiger partial charge in [0.15, 0.2) is 11.5 Å². The number of aliphatic hydroxyl groups excluding tert-OH is 1. The maximum atomic E-state index is 12.2. The van der Waals surface area contributed by atoms with Gasteiger partial charge in [-0.3, -0.25) is 9.20 Å². The lowest BCUT2D eigenvalue weighted by Crippen LogP contribution is -2.21. The number of amides is 1. The number of rotatable bonds is 9. The molecule has 0 saturated carbocycles. The number of phenolic OH excluding ortho intramolecular Hbond substituents is 1. The van der Waals surface area contributed by atoms with Crippen molar-refractivity contribution in [1.82, 2.24) is 24.9 Å². The number of nitrogens with one attached hydrogen (secondary N) is 2. The number of anilines is 1. The first kappa shape index (κ1) is 26.1. The quantitative estimate of drug-likeness (QED) is 0.150. The Morgan fingerprint density at radius 1 is 0.878 bits per heavy atom. The van der Waals surface area contributed by atoms with E-state index < -0.39 is 0 Å². The molecule has 6 aromatic rings. The van der Waals surface area contributed by atoms with E-state index in [1.165, 1.54) is 12.1 Å². The van der Waals surface area contributed by atoms with Crippen molar-refractivity contribution < 1.29 is 15.0 Å². The van der Waals surface area contributed by atoms with E-state index in [1.54, 1.807) is 16.5 Å². The van der Waals surface area contributed by atoms with Crippen LogP contribution in [0.25, 0.3) is 38.9 Å². The van der Waals surface area contributed by atoms with Gasteiger partial charge in [0.2, 0.25) is 5.91 Å². The van der Waals surface area contributed by atoms with Crippen LogP contribution >= 0.6 is 0 Å². The summed E-state index contributed by atoms with van der Waals surface area (Å²) in [5.41, 5.74) is 7.06. The number of benzene rings is 3. The Bertz CT molecular complexity index is 1820. The maximum Gasteiger partial charge on any atom is 0.225 e. The summed E-state index contributed by atoms with van der Waals surface area (Å²) in [5, 5.41) is 34.4. The van der Waals surface area contributed by atoms with Crippen LogP contribution in [0, 0.1) is 0 Å². The molecule has 0 fully saturated rings. The molecular formula is C32H28N6O3. The zero-order valence-corrected chi connectivity index (χ0v) is 22.2. The Morgan fingerprint density at radius 3 is 2.41 bits per heavy atom. The molecule has 9 nitrogen and oxygen atoms in total. The molecule has 0 aliphatic rings. The van der Waals surface area contributed by atoms with E-state index >= 15 is 0 Å². The molecule has 3 heterocycles. The van der Waals surface area contributed by atoms with E-state index in [2.05, 4.69) is 63.3 Å². The van der Waals surface area contributed by atoms with Gasteiger partial charge in [-0.1, -0.05) is 54.6 Å². The molecule has 0 bridgehead atoms. The highest BCUT2D eigenvalue weighted by Crippen LogP contribution is 2.34. The van der Waals surface area contributed by atoms with Crippen LogP contribution in [0.3, 0.4) is 0 Å². The molecule has 41 heavy (non-hydrogen) atoms. The number of pyridine rings is 2. The normalized spacial score (nSPS) is 11.2. The topological polar surface area (TPSA) is 125 Å². The molecule has 3 aromatic carbocycles. The number of carbonyl (C=O) groups is 1. The molecule has 6 rings (SSSR count). The molecule has 1 amide bonds. The highest BCUT2D eigenvalue weighted by molar-refractivity contribution is 5.98. The first-order chi connectivity index (χ1) is 20.1. The fraction of sp³-hybridized carbons (Fsp3) is 0.125. The molecule has 0 unspecified atom stereocenters. The summed E-state index contributed by atoms with van der Waals surface area (Å²) < 4.78 is 1.79. The minimum Gasteiger partial charge on any atom is -0.508 e. The summed E-state index contributed by atoms with van der Waals surface area (Å²) in [6.07, 6.45) is 2.17. The van der Waals surface area contributed by atoms with Gasteiger partial charge in [-0.15, -0.1) is 10.2 Å². The average Bonchev–Trinajstić information content (AvgIpc) is 3.44. The van der Waals surface area contributed by atoms with Crippen LogP contribution in [-0.2, 0) is 17.9 Å². The van der Waals surface area contributed by atoms with E-state index in [4.69, 9.17) is 4.98 Å². The molecule has 0 radical (unpaired) electrons. The van der Waals surface area contributed by atoms with Crippen LogP contribution in [0.2, 0.25) is 0 Å². The third-order valence-corrected chi connectivity index (χ3v) is 6.90. The first-order valence-corrected chi connectivity index (χ1v) is 13.3. The lowest BCUT2D eigenvalue weighted by Gasteiger charge is -2.13. The van der Waals surface area contributed by atoms with Crippen LogP contribution in [0.15, 0.2) is 97.2 Å². The number of aliphatic hydroxyl groups is 1. The second-order valence-electron chi connectivity index (χ2n) is 9.69. The molecule has 204 valence electrons. The minimum absolute atomic E-state index is 0.0923. The summed E-state index contributed by atoms with van der Waals surface area (Å²) in [4.78, 5) is 17.3. The average molecular weight is 545 g/mol. The van der Waals surface area contributed by atoms with Gasteiger partial charge in [0, 0.05) is 47.9 Å². The van der Waals surface area contributed by atoms with Gasteiger partial charge >= 0.3 is 0 Å². The Balaban J connectivity index is 1.20. The van der Waals surface area contributed by atoms with Gasteiger partial charge in [-0.2, -0.15) is 0 Å². The molecule has 9 heteroatoms. The molecule has 0 saturated heterocycles. The summed E-state index contributed by atoms with van der Waals surface area (Å²) in [7, 11) is 0. The van der Waals surface area contributed by atoms with Gasteiger partial charge < -0.3 is 20.8 Å². The van der Waals surface area contributed by atoms with Crippen molar-refractivity contribution in [3.63, 3.8) is 0 Å². The number of hydrogen-bond acceptors (Lipinski definition) is 7. The van der Waals surface area contributed by atoms with Crippen LogP contribution in [0.1, 0.15) is 17.8 Å². The molecule has 3 aromatic heterocycles. The Kier molecular flexibility index (Phi) is 7.36.